The van der Waals surface area contributed by atoms with E-state index in [1.807, 2.05) is 30.3 Å². The molecular weight excluding hydrogens is 497 g/mol. The van der Waals surface area contributed by atoms with Gasteiger partial charge in [-0.1, -0.05) is 75.5 Å². The number of nitrogens with one attached hydrogen (secondary N) is 1. The summed E-state index contributed by atoms with van der Waals surface area (Å²) in [7, 11) is 1.65. The van der Waals surface area contributed by atoms with Crippen LogP contribution >= 0.6 is 39.1 Å². The van der Waals surface area contributed by atoms with E-state index in [2.05, 4.69) is 52.4 Å². The van der Waals surface area contributed by atoms with Crippen molar-refractivity contribution in [2.45, 2.75) is 39.0 Å². The summed E-state index contributed by atoms with van der Waals surface area (Å²) in [5, 5.41) is 4.65. The molecule has 1 N–H and O–H groups in total. The van der Waals surface area contributed by atoms with Crippen LogP contribution in [0.25, 0.3) is 0 Å². The first-order chi connectivity index (χ1) is 15.0. The van der Waals surface area contributed by atoms with Gasteiger partial charge < -0.3 is 14.8 Å². The van der Waals surface area contributed by atoms with Crippen LogP contribution in [0.3, 0.4) is 0 Å². The van der Waals surface area contributed by atoms with Crippen LogP contribution in [-0.2, 0) is 19.6 Å². The van der Waals surface area contributed by atoms with Crippen molar-refractivity contribution >= 4 is 39.1 Å². The van der Waals surface area contributed by atoms with Crippen LogP contribution in [0.5, 0.6) is 11.5 Å². The predicted octanol–water partition coefficient (Wildman–Crippen LogP) is 7.45. The van der Waals surface area contributed by atoms with Crippen molar-refractivity contribution in [2.75, 3.05) is 7.11 Å². The van der Waals surface area contributed by atoms with Crippen molar-refractivity contribution in [1.29, 1.82) is 0 Å². The van der Waals surface area contributed by atoms with Crippen LogP contribution < -0.4 is 14.8 Å². The van der Waals surface area contributed by atoms with Gasteiger partial charge in [0, 0.05) is 22.6 Å². The summed E-state index contributed by atoms with van der Waals surface area (Å²) in [6.07, 6.45) is 2.08. The first-order valence-corrected chi connectivity index (χ1v) is 11.7. The molecule has 164 valence electrons. The molecule has 0 saturated heterocycles. The third-order valence-corrected chi connectivity index (χ3v) is 6.57. The van der Waals surface area contributed by atoms with Crippen LogP contribution in [0.1, 0.15) is 30.0 Å². The minimum atomic E-state index is 0.348. The topological polar surface area (TPSA) is 30.5 Å². The largest absolute Gasteiger partial charge is 0.493 e. The fourth-order valence-corrected chi connectivity index (χ4v) is 4.03. The number of methoxy groups -OCH3 is 1. The molecule has 31 heavy (non-hydrogen) atoms. The summed E-state index contributed by atoms with van der Waals surface area (Å²) in [6, 6.07) is 20.3. The highest BCUT2D eigenvalue weighted by Crippen LogP contribution is 2.37. The Bertz CT molecular complexity index is 998. The highest BCUT2D eigenvalue weighted by molar-refractivity contribution is 9.10. The number of halogens is 3. The minimum Gasteiger partial charge on any atom is -0.493 e. The zero-order valence-corrected chi connectivity index (χ0v) is 20.7. The number of aryl methyl sites for hydroxylation is 1. The lowest BCUT2D eigenvalue weighted by Crippen LogP contribution is -2.26. The van der Waals surface area contributed by atoms with E-state index in [4.69, 9.17) is 32.7 Å². The van der Waals surface area contributed by atoms with Crippen molar-refractivity contribution in [3.05, 3.63) is 91.9 Å². The number of hydrogen-bond acceptors (Lipinski definition) is 3. The molecule has 3 nitrogen and oxygen atoms in total. The van der Waals surface area contributed by atoms with E-state index in [0.717, 1.165) is 28.4 Å². The molecule has 0 amide bonds. The normalized spacial score (nSPS) is 11.9. The van der Waals surface area contributed by atoms with Gasteiger partial charge in [-0.2, -0.15) is 0 Å². The van der Waals surface area contributed by atoms with Gasteiger partial charge >= 0.3 is 0 Å². The smallest absolute Gasteiger partial charge is 0.167 e. The van der Waals surface area contributed by atoms with E-state index in [1.54, 1.807) is 13.2 Å². The molecule has 6 heteroatoms. The van der Waals surface area contributed by atoms with Crippen molar-refractivity contribution in [3.8, 4) is 11.5 Å². The average molecular weight is 523 g/mol. The minimum absolute atomic E-state index is 0.348. The van der Waals surface area contributed by atoms with Gasteiger partial charge in [-0.3, -0.25) is 0 Å². The SMILES string of the molecule is COc1ccc(Br)c(CNC(C)CCc2ccccc2)c1OCc1ccc(Cl)c(Cl)c1. The lowest BCUT2D eigenvalue weighted by atomic mass is 10.1. The van der Waals surface area contributed by atoms with Gasteiger partial charge in [0.15, 0.2) is 11.5 Å². The lowest BCUT2D eigenvalue weighted by molar-refractivity contribution is 0.280. The number of ether oxygens (including phenoxy) is 2. The predicted molar refractivity (Wildman–Crippen MR) is 133 cm³/mol. The van der Waals surface area contributed by atoms with E-state index in [0.29, 0.717) is 40.7 Å². The number of rotatable bonds is 10. The first kappa shape index (κ1) is 23.9. The molecule has 0 aliphatic rings. The van der Waals surface area contributed by atoms with Crippen molar-refractivity contribution in [3.63, 3.8) is 0 Å². The molecule has 0 fully saturated rings. The van der Waals surface area contributed by atoms with Crippen molar-refractivity contribution < 1.29 is 9.47 Å². The zero-order chi connectivity index (χ0) is 22.2. The summed E-state index contributed by atoms with van der Waals surface area (Å²) in [5.41, 5.74) is 3.31. The summed E-state index contributed by atoms with van der Waals surface area (Å²) < 4.78 is 12.7. The number of benzene rings is 3. The second-order valence-corrected chi connectivity index (χ2v) is 9.07. The molecule has 3 aromatic carbocycles. The Hall–Kier alpha value is -1.72. The van der Waals surface area contributed by atoms with Gasteiger partial charge in [0.1, 0.15) is 6.61 Å². The van der Waals surface area contributed by atoms with Crippen molar-refractivity contribution in [1.82, 2.24) is 5.32 Å². The maximum Gasteiger partial charge on any atom is 0.167 e. The summed E-state index contributed by atoms with van der Waals surface area (Å²) >= 11 is 15.8. The maximum absolute atomic E-state index is 6.19. The van der Waals surface area contributed by atoms with Crippen LogP contribution in [0.4, 0.5) is 0 Å². The molecule has 0 aliphatic heterocycles. The molecule has 0 aromatic heterocycles. The summed E-state index contributed by atoms with van der Waals surface area (Å²) in [6.45, 7) is 3.22. The standard InChI is InChI=1S/C25H26BrCl2NO2/c1-17(8-9-18-6-4-3-5-7-18)29-15-20-21(26)11-13-24(30-2)25(20)31-16-19-10-12-22(27)23(28)14-19/h3-7,10-14,17,29H,8-9,15-16H2,1-2H3. The van der Waals surface area contributed by atoms with E-state index in [-0.39, 0.29) is 0 Å². The molecule has 0 saturated carbocycles. The Morgan fingerprint density at radius 2 is 1.74 bits per heavy atom. The molecule has 1 unspecified atom stereocenters. The maximum atomic E-state index is 6.19. The Kier molecular flexibility index (Phi) is 9.09. The third-order valence-electron chi connectivity index (χ3n) is 5.09. The van der Waals surface area contributed by atoms with Crippen LogP contribution in [0, 0.1) is 0 Å². The monoisotopic (exact) mass is 521 g/mol. The molecule has 3 rings (SSSR count). The molecule has 3 aromatic rings. The van der Waals surface area contributed by atoms with E-state index >= 15 is 0 Å². The summed E-state index contributed by atoms with van der Waals surface area (Å²) in [5.74, 6) is 1.41. The molecule has 0 aliphatic carbocycles. The van der Waals surface area contributed by atoms with E-state index < -0.39 is 0 Å². The quantitative estimate of drug-likeness (QED) is 0.300. The molecular formula is C25H26BrCl2NO2. The van der Waals surface area contributed by atoms with E-state index in [1.165, 1.54) is 5.56 Å². The summed E-state index contributed by atoms with van der Waals surface area (Å²) in [4.78, 5) is 0. The van der Waals surface area contributed by atoms with Gasteiger partial charge in [-0.15, -0.1) is 0 Å². The van der Waals surface area contributed by atoms with Gasteiger partial charge in [0.25, 0.3) is 0 Å². The Labute approximate surface area is 202 Å². The molecule has 0 spiro atoms. The molecule has 1 atom stereocenters. The molecule has 0 heterocycles. The van der Waals surface area contributed by atoms with E-state index in [9.17, 15) is 0 Å². The second kappa shape index (κ2) is 11.8. The van der Waals surface area contributed by atoms with Crippen LogP contribution in [-0.4, -0.2) is 13.2 Å². The highest BCUT2D eigenvalue weighted by Gasteiger charge is 2.16. The number of hydrogen-bond donors (Lipinski definition) is 1. The van der Waals surface area contributed by atoms with Crippen LogP contribution in [0.15, 0.2) is 65.1 Å². The van der Waals surface area contributed by atoms with Gasteiger partial charge in [-0.05, 0) is 55.2 Å². The zero-order valence-electron chi connectivity index (χ0n) is 17.6. The second-order valence-electron chi connectivity index (χ2n) is 7.40. The first-order valence-electron chi connectivity index (χ1n) is 10.2. The van der Waals surface area contributed by atoms with Crippen molar-refractivity contribution in [2.24, 2.45) is 0 Å². The Morgan fingerprint density at radius 3 is 2.45 bits per heavy atom. The molecule has 0 bridgehead atoms. The fourth-order valence-electron chi connectivity index (χ4n) is 3.26. The van der Waals surface area contributed by atoms with Gasteiger partial charge in [0.2, 0.25) is 0 Å². The molecule has 0 radical (unpaired) electrons. The lowest BCUT2D eigenvalue weighted by Gasteiger charge is -2.19. The highest BCUT2D eigenvalue weighted by atomic mass is 79.9. The average Bonchev–Trinajstić information content (AvgIpc) is 2.78. The Balaban J connectivity index is 1.68. The van der Waals surface area contributed by atoms with Crippen LogP contribution in [0.2, 0.25) is 10.0 Å². The Morgan fingerprint density at radius 1 is 0.968 bits per heavy atom. The fraction of sp³-hybridized carbons (Fsp3) is 0.280. The van der Waals surface area contributed by atoms with Gasteiger partial charge in [0.05, 0.1) is 17.2 Å². The third kappa shape index (κ3) is 6.88. The van der Waals surface area contributed by atoms with Gasteiger partial charge in [-0.25, -0.2) is 0 Å².